The van der Waals surface area contributed by atoms with Crippen molar-refractivity contribution in [2.75, 3.05) is 20.1 Å². The second-order valence-electron chi connectivity index (χ2n) is 5.35. The first kappa shape index (κ1) is 11.6. The van der Waals surface area contributed by atoms with E-state index in [9.17, 15) is 0 Å². The van der Waals surface area contributed by atoms with Gasteiger partial charge in [0, 0.05) is 55.4 Å². The van der Waals surface area contributed by atoms with Gasteiger partial charge in [-0.25, -0.2) is 0 Å². The molecule has 3 rings (SSSR count). The van der Waals surface area contributed by atoms with Crippen LogP contribution < -0.4 is 5.73 Å². The van der Waals surface area contributed by atoms with Gasteiger partial charge < -0.3 is 10.6 Å². The van der Waals surface area contributed by atoms with Crippen LogP contribution in [0.1, 0.15) is 17.9 Å². The van der Waals surface area contributed by atoms with Gasteiger partial charge in [-0.3, -0.25) is 9.67 Å². The minimum atomic E-state index is 0.247. The minimum absolute atomic E-state index is 0.247. The fourth-order valence-corrected chi connectivity index (χ4v) is 3.05. The number of nitrogens with zero attached hydrogens (tertiary/aromatic N) is 4. The Labute approximate surface area is 107 Å². The number of rotatable bonds is 1. The zero-order chi connectivity index (χ0) is 12.7. The summed E-state index contributed by atoms with van der Waals surface area (Å²) in [5.41, 5.74) is 8.59. The Morgan fingerprint density at radius 3 is 2.83 bits per heavy atom. The van der Waals surface area contributed by atoms with Gasteiger partial charge >= 0.3 is 0 Å². The number of hydrogen-bond acceptors (Lipinski definition) is 4. The molecule has 1 fully saturated rings. The van der Waals surface area contributed by atoms with Crippen LogP contribution >= 0.6 is 0 Å². The molecule has 1 saturated heterocycles. The summed E-state index contributed by atoms with van der Waals surface area (Å²) in [5.74, 6) is 0.449. The molecule has 2 aromatic heterocycles. The summed E-state index contributed by atoms with van der Waals surface area (Å²) in [7, 11) is 4.11. The quantitative estimate of drug-likeness (QED) is 0.804. The highest BCUT2D eigenvalue weighted by Crippen LogP contribution is 2.30. The molecule has 2 aromatic rings. The van der Waals surface area contributed by atoms with Gasteiger partial charge in [0.25, 0.3) is 0 Å². The zero-order valence-corrected chi connectivity index (χ0v) is 10.9. The number of likely N-dealkylation sites (tertiary alicyclic amines) is 1. The number of fused-ring (bicyclic) bond motifs is 1. The fourth-order valence-electron chi connectivity index (χ4n) is 3.05. The van der Waals surface area contributed by atoms with Gasteiger partial charge in [0.05, 0.1) is 11.7 Å². The standard InChI is InChI=1S/C13H19N5/c1-17-7-9(3-11(14)8-17)12-6-15-4-10-5-16-18(2)13(10)12/h4-6,9,11H,3,7-8,14H2,1-2H3. The SMILES string of the molecule is CN1CC(N)CC(c2cncc3cnn(C)c23)C1. The number of likely N-dealkylation sites (N-methyl/N-ethyl adjacent to an activating group) is 1. The average Bonchev–Trinajstić information content (AvgIpc) is 2.70. The van der Waals surface area contributed by atoms with Crippen molar-refractivity contribution in [1.29, 1.82) is 0 Å². The molecule has 0 spiro atoms. The lowest BCUT2D eigenvalue weighted by Crippen LogP contribution is -2.44. The normalized spacial score (nSPS) is 25.7. The van der Waals surface area contributed by atoms with Crippen LogP contribution in [0.2, 0.25) is 0 Å². The Balaban J connectivity index is 2.05. The lowest BCUT2D eigenvalue weighted by atomic mass is 9.88. The molecule has 5 nitrogen and oxygen atoms in total. The Morgan fingerprint density at radius 2 is 2.06 bits per heavy atom. The molecule has 0 radical (unpaired) electrons. The van der Waals surface area contributed by atoms with Crippen molar-refractivity contribution >= 4 is 10.9 Å². The van der Waals surface area contributed by atoms with Crippen LogP contribution in [0.4, 0.5) is 0 Å². The minimum Gasteiger partial charge on any atom is -0.327 e. The van der Waals surface area contributed by atoms with E-state index < -0.39 is 0 Å². The van der Waals surface area contributed by atoms with Crippen LogP contribution in [0.15, 0.2) is 18.6 Å². The van der Waals surface area contributed by atoms with E-state index >= 15 is 0 Å². The predicted molar refractivity (Wildman–Crippen MR) is 71.3 cm³/mol. The van der Waals surface area contributed by atoms with Crippen LogP contribution in [0.5, 0.6) is 0 Å². The molecule has 2 unspecified atom stereocenters. The zero-order valence-electron chi connectivity index (χ0n) is 10.9. The van der Waals surface area contributed by atoms with Gasteiger partial charge in [0.2, 0.25) is 0 Å². The van der Waals surface area contributed by atoms with Crippen molar-refractivity contribution in [1.82, 2.24) is 19.7 Å². The average molecular weight is 245 g/mol. The summed E-state index contributed by atoms with van der Waals surface area (Å²) in [4.78, 5) is 6.64. The van der Waals surface area contributed by atoms with E-state index in [0.717, 1.165) is 24.9 Å². The van der Waals surface area contributed by atoms with Crippen molar-refractivity contribution < 1.29 is 0 Å². The van der Waals surface area contributed by atoms with E-state index in [1.807, 2.05) is 30.3 Å². The second kappa shape index (κ2) is 4.33. The first-order valence-corrected chi connectivity index (χ1v) is 6.35. The molecule has 5 heteroatoms. The lowest BCUT2D eigenvalue weighted by Gasteiger charge is -2.34. The van der Waals surface area contributed by atoms with Gasteiger partial charge in [-0.2, -0.15) is 5.10 Å². The van der Waals surface area contributed by atoms with Crippen LogP contribution in [0.25, 0.3) is 10.9 Å². The molecule has 2 N–H and O–H groups in total. The maximum atomic E-state index is 6.13. The molecular formula is C13H19N5. The van der Waals surface area contributed by atoms with Crippen molar-refractivity contribution in [3.8, 4) is 0 Å². The molecule has 2 atom stereocenters. The van der Waals surface area contributed by atoms with Gasteiger partial charge in [0.15, 0.2) is 0 Å². The molecule has 1 aliphatic rings. The summed E-state index contributed by atoms with van der Waals surface area (Å²) < 4.78 is 1.94. The largest absolute Gasteiger partial charge is 0.327 e. The van der Waals surface area contributed by atoms with Gasteiger partial charge in [0.1, 0.15) is 0 Å². The molecule has 0 bridgehead atoms. The molecule has 0 aromatic carbocycles. The Morgan fingerprint density at radius 1 is 1.22 bits per heavy atom. The third kappa shape index (κ3) is 1.89. The van der Waals surface area contributed by atoms with Gasteiger partial charge in [-0.05, 0) is 13.5 Å². The Bertz CT molecular complexity index is 552. The summed E-state index contributed by atoms with van der Waals surface area (Å²) in [6.07, 6.45) is 6.74. The maximum absolute atomic E-state index is 6.13. The first-order valence-electron chi connectivity index (χ1n) is 6.35. The van der Waals surface area contributed by atoms with Crippen LogP contribution in [0.3, 0.4) is 0 Å². The van der Waals surface area contributed by atoms with E-state index in [-0.39, 0.29) is 6.04 Å². The third-order valence-electron chi connectivity index (χ3n) is 3.77. The van der Waals surface area contributed by atoms with Gasteiger partial charge in [-0.15, -0.1) is 0 Å². The Hall–Kier alpha value is -1.46. The van der Waals surface area contributed by atoms with Crippen molar-refractivity contribution in [2.24, 2.45) is 12.8 Å². The predicted octanol–water partition coefficient (Wildman–Crippen LogP) is 0.715. The van der Waals surface area contributed by atoms with E-state index in [2.05, 4.69) is 22.0 Å². The number of aryl methyl sites for hydroxylation is 1. The van der Waals surface area contributed by atoms with Crippen LogP contribution in [-0.2, 0) is 7.05 Å². The van der Waals surface area contributed by atoms with E-state index in [1.165, 1.54) is 11.1 Å². The number of piperidine rings is 1. The second-order valence-corrected chi connectivity index (χ2v) is 5.35. The van der Waals surface area contributed by atoms with Crippen LogP contribution in [0, 0.1) is 0 Å². The lowest BCUT2D eigenvalue weighted by molar-refractivity contribution is 0.227. The molecule has 3 heterocycles. The number of pyridine rings is 1. The van der Waals surface area contributed by atoms with Gasteiger partial charge in [-0.1, -0.05) is 0 Å². The van der Waals surface area contributed by atoms with E-state index in [0.29, 0.717) is 5.92 Å². The first-order chi connectivity index (χ1) is 8.65. The molecule has 1 aliphatic heterocycles. The van der Waals surface area contributed by atoms with Crippen LogP contribution in [-0.4, -0.2) is 45.8 Å². The highest BCUT2D eigenvalue weighted by atomic mass is 15.3. The van der Waals surface area contributed by atoms with Crippen molar-refractivity contribution in [3.63, 3.8) is 0 Å². The van der Waals surface area contributed by atoms with Crippen molar-refractivity contribution in [3.05, 3.63) is 24.2 Å². The molecule has 0 saturated carbocycles. The third-order valence-corrected chi connectivity index (χ3v) is 3.77. The molecule has 18 heavy (non-hydrogen) atoms. The smallest absolute Gasteiger partial charge is 0.0745 e. The molecule has 96 valence electrons. The highest BCUT2D eigenvalue weighted by molar-refractivity contribution is 5.81. The maximum Gasteiger partial charge on any atom is 0.0745 e. The topological polar surface area (TPSA) is 60.0 Å². The van der Waals surface area contributed by atoms with E-state index in [4.69, 9.17) is 5.73 Å². The summed E-state index contributed by atoms with van der Waals surface area (Å²) in [5, 5.41) is 5.43. The molecule has 0 amide bonds. The van der Waals surface area contributed by atoms with E-state index in [1.54, 1.807) is 0 Å². The Kier molecular flexibility index (Phi) is 2.80. The number of aromatic nitrogens is 3. The molecular weight excluding hydrogens is 226 g/mol. The number of hydrogen-bond donors (Lipinski definition) is 1. The highest BCUT2D eigenvalue weighted by Gasteiger charge is 2.26. The molecule has 0 aliphatic carbocycles. The number of nitrogens with two attached hydrogens (primary N) is 1. The summed E-state index contributed by atoms with van der Waals surface area (Å²) in [6, 6.07) is 0.247. The van der Waals surface area contributed by atoms with Crippen molar-refractivity contribution in [2.45, 2.75) is 18.4 Å². The summed E-state index contributed by atoms with van der Waals surface area (Å²) in [6.45, 7) is 2.02. The summed E-state index contributed by atoms with van der Waals surface area (Å²) >= 11 is 0. The fraction of sp³-hybridized carbons (Fsp3) is 0.538. The monoisotopic (exact) mass is 245 g/mol.